The molecule has 1 aromatic carbocycles. The van der Waals surface area contributed by atoms with Gasteiger partial charge in [0, 0.05) is 0 Å². The van der Waals surface area contributed by atoms with Crippen molar-refractivity contribution in [3.8, 4) is 11.5 Å². The molecule has 100 valence electrons. The predicted octanol–water partition coefficient (Wildman–Crippen LogP) is 1.78. The van der Waals surface area contributed by atoms with Gasteiger partial charge >= 0.3 is 0 Å². The molecular weight excluding hydrogens is 284 g/mol. The van der Waals surface area contributed by atoms with E-state index in [2.05, 4.69) is 0 Å². The molecule has 0 radical (unpaired) electrons. The minimum Gasteiger partial charge on any atom is -0.493 e. The maximum Gasteiger partial charge on any atom is 0.280 e. The van der Waals surface area contributed by atoms with Crippen LogP contribution in [0.2, 0.25) is 0 Å². The summed E-state index contributed by atoms with van der Waals surface area (Å²) in [4.78, 5) is 12.3. The first-order chi connectivity index (χ1) is 9.06. The predicted molar refractivity (Wildman–Crippen MR) is 78.7 cm³/mol. The van der Waals surface area contributed by atoms with Crippen LogP contribution < -0.4 is 15.3 Å². The van der Waals surface area contributed by atoms with Gasteiger partial charge < -0.3 is 9.47 Å². The number of hydrogen-bond donors (Lipinski definition) is 1. The van der Waals surface area contributed by atoms with Crippen LogP contribution >= 0.6 is 24.0 Å². The van der Waals surface area contributed by atoms with Crippen LogP contribution in [0.25, 0.3) is 6.08 Å². The third-order valence-corrected chi connectivity index (χ3v) is 3.86. The van der Waals surface area contributed by atoms with Crippen LogP contribution in [0.4, 0.5) is 0 Å². The number of amides is 1. The van der Waals surface area contributed by atoms with Crippen molar-refractivity contribution in [3.63, 3.8) is 0 Å². The average molecular weight is 296 g/mol. The summed E-state index contributed by atoms with van der Waals surface area (Å²) in [5.74, 6) is 6.43. The Morgan fingerprint density at radius 1 is 1.32 bits per heavy atom. The number of carbonyl (C=O) groups excluding carboxylic acids is 1. The molecule has 0 spiro atoms. The zero-order valence-electron chi connectivity index (χ0n) is 10.4. The van der Waals surface area contributed by atoms with Crippen molar-refractivity contribution in [3.05, 3.63) is 28.7 Å². The second-order valence-electron chi connectivity index (χ2n) is 3.67. The SMILES string of the molecule is COc1ccc(C=C2SC(=S)N(N)C2=O)cc1OC. The van der Waals surface area contributed by atoms with E-state index in [4.69, 9.17) is 27.5 Å². The number of benzene rings is 1. The summed E-state index contributed by atoms with van der Waals surface area (Å²) >= 11 is 6.13. The molecule has 0 bridgehead atoms. The molecule has 1 saturated heterocycles. The molecule has 0 aromatic heterocycles. The Hall–Kier alpha value is -1.57. The van der Waals surface area contributed by atoms with E-state index >= 15 is 0 Å². The summed E-state index contributed by atoms with van der Waals surface area (Å²) in [5.41, 5.74) is 0.812. The number of nitrogens with two attached hydrogens (primary N) is 1. The van der Waals surface area contributed by atoms with Crippen LogP contribution in [0, 0.1) is 0 Å². The molecule has 1 amide bonds. The van der Waals surface area contributed by atoms with Crippen LogP contribution in [0.5, 0.6) is 11.5 Å². The summed E-state index contributed by atoms with van der Waals surface area (Å²) in [6, 6.07) is 5.38. The molecule has 19 heavy (non-hydrogen) atoms. The molecule has 1 heterocycles. The van der Waals surface area contributed by atoms with Gasteiger partial charge in [-0.3, -0.25) is 4.79 Å². The first-order valence-electron chi connectivity index (χ1n) is 5.31. The molecule has 1 aliphatic heterocycles. The third-order valence-electron chi connectivity index (χ3n) is 2.53. The first-order valence-corrected chi connectivity index (χ1v) is 6.54. The molecule has 2 N–H and O–H groups in total. The quantitative estimate of drug-likeness (QED) is 0.397. The highest BCUT2D eigenvalue weighted by Crippen LogP contribution is 2.33. The molecule has 0 atom stereocenters. The Labute approximate surface area is 120 Å². The molecule has 0 unspecified atom stereocenters. The number of hydrazine groups is 1. The Balaban J connectivity index is 2.34. The van der Waals surface area contributed by atoms with Gasteiger partial charge in [-0.2, -0.15) is 0 Å². The lowest BCUT2D eigenvalue weighted by Crippen LogP contribution is -2.34. The number of carbonyl (C=O) groups is 1. The monoisotopic (exact) mass is 296 g/mol. The largest absolute Gasteiger partial charge is 0.493 e. The number of nitrogens with zero attached hydrogens (tertiary/aromatic N) is 1. The summed E-state index contributed by atoms with van der Waals surface area (Å²) in [5, 5.41) is 0.965. The van der Waals surface area contributed by atoms with Crippen molar-refractivity contribution in [1.82, 2.24) is 5.01 Å². The molecule has 0 aliphatic carbocycles. The minimum atomic E-state index is -0.301. The normalized spacial score (nSPS) is 17.2. The van der Waals surface area contributed by atoms with Crippen molar-refractivity contribution in [1.29, 1.82) is 0 Å². The average Bonchev–Trinajstić information content (AvgIpc) is 2.66. The van der Waals surface area contributed by atoms with E-state index in [0.717, 1.165) is 10.6 Å². The second-order valence-corrected chi connectivity index (χ2v) is 5.34. The smallest absolute Gasteiger partial charge is 0.280 e. The maximum absolute atomic E-state index is 11.8. The van der Waals surface area contributed by atoms with Gasteiger partial charge in [-0.1, -0.05) is 30.0 Å². The second kappa shape index (κ2) is 5.60. The first kappa shape index (κ1) is 13.9. The number of ether oxygens (including phenoxy) is 2. The molecule has 7 heteroatoms. The van der Waals surface area contributed by atoms with Gasteiger partial charge in [0.15, 0.2) is 15.8 Å². The van der Waals surface area contributed by atoms with Gasteiger partial charge in [0.2, 0.25) is 0 Å². The number of methoxy groups -OCH3 is 2. The molecule has 0 saturated carbocycles. The Bertz CT molecular complexity index is 572. The van der Waals surface area contributed by atoms with Crippen LogP contribution in [0.1, 0.15) is 5.56 Å². The zero-order chi connectivity index (χ0) is 14.0. The standard InChI is InChI=1S/C12H12N2O3S2/c1-16-8-4-3-7(5-9(8)17-2)6-10-11(15)14(13)12(18)19-10/h3-6H,13H2,1-2H3. The van der Waals surface area contributed by atoms with Gasteiger partial charge in [-0.15, -0.1) is 0 Å². The van der Waals surface area contributed by atoms with Crippen molar-refractivity contribution in [2.45, 2.75) is 0 Å². The van der Waals surface area contributed by atoms with Gasteiger partial charge in [-0.05, 0) is 23.8 Å². The van der Waals surface area contributed by atoms with Crippen molar-refractivity contribution >= 4 is 40.3 Å². The Morgan fingerprint density at radius 3 is 2.53 bits per heavy atom. The number of thioether (sulfide) groups is 1. The third kappa shape index (κ3) is 2.73. The fourth-order valence-electron chi connectivity index (χ4n) is 1.57. The van der Waals surface area contributed by atoms with E-state index < -0.39 is 0 Å². The topological polar surface area (TPSA) is 64.8 Å². The minimum absolute atomic E-state index is 0.301. The fourth-order valence-corrected chi connectivity index (χ4v) is 2.68. The summed E-state index contributed by atoms with van der Waals surface area (Å²) < 4.78 is 10.7. The number of hydrogen-bond acceptors (Lipinski definition) is 6. The van der Waals surface area contributed by atoms with Crippen molar-refractivity contribution < 1.29 is 14.3 Å². The molecule has 5 nitrogen and oxygen atoms in total. The van der Waals surface area contributed by atoms with Crippen LogP contribution in [-0.2, 0) is 4.79 Å². The lowest BCUT2D eigenvalue weighted by molar-refractivity contribution is -0.122. The Kier molecular flexibility index (Phi) is 4.08. The highest BCUT2D eigenvalue weighted by atomic mass is 32.2. The van der Waals surface area contributed by atoms with Crippen LogP contribution in [0.3, 0.4) is 0 Å². The van der Waals surface area contributed by atoms with Gasteiger partial charge in [0.25, 0.3) is 5.91 Å². The molecule has 1 fully saturated rings. The van der Waals surface area contributed by atoms with E-state index in [1.807, 2.05) is 6.07 Å². The highest BCUT2D eigenvalue weighted by molar-refractivity contribution is 8.26. The van der Waals surface area contributed by atoms with E-state index in [9.17, 15) is 4.79 Å². The Morgan fingerprint density at radius 2 is 2.00 bits per heavy atom. The van der Waals surface area contributed by atoms with E-state index in [0.29, 0.717) is 20.7 Å². The molecule has 1 aliphatic rings. The van der Waals surface area contributed by atoms with Crippen molar-refractivity contribution in [2.24, 2.45) is 5.84 Å². The molecule has 2 rings (SSSR count). The maximum atomic E-state index is 11.8. The lowest BCUT2D eigenvalue weighted by Gasteiger charge is -2.07. The van der Waals surface area contributed by atoms with E-state index in [1.165, 1.54) is 11.8 Å². The summed E-state index contributed by atoms with van der Waals surface area (Å²) in [6.45, 7) is 0. The lowest BCUT2D eigenvalue weighted by atomic mass is 10.2. The van der Waals surface area contributed by atoms with E-state index in [1.54, 1.807) is 32.4 Å². The van der Waals surface area contributed by atoms with Crippen LogP contribution in [0.15, 0.2) is 23.1 Å². The number of rotatable bonds is 3. The summed E-state index contributed by atoms with van der Waals surface area (Å²) in [7, 11) is 3.12. The van der Waals surface area contributed by atoms with Crippen LogP contribution in [-0.4, -0.2) is 29.5 Å². The number of thiocarbonyl (C=S) groups is 1. The molecular formula is C12H12N2O3S2. The van der Waals surface area contributed by atoms with Gasteiger partial charge in [0.1, 0.15) is 0 Å². The van der Waals surface area contributed by atoms with Gasteiger partial charge in [-0.25, -0.2) is 10.9 Å². The van der Waals surface area contributed by atoms with E-state index in [-0.39, 0.29) is 5.91 Å². The summed E-state index contributed by atoms with van der Waals surface area (Å²) in [6.07, 6.45) is 1.72. The molecule has 1 aromatic rings. The van der Waals surface area contributed by atoms with Crippen molar-refractivity contribution in [2.75, 3.05) is 14.2 Å². The zero-order valence-corrected chi connectivity index (χ0v) is 12.0. The highest BCUT2D eigenvalue weighted by Gasteiger charge is 2.29. The van der Waals surface area contributed by atoms with Gasteiger partial charge in [0.05, 0.1) is 19.1 Å². The fraction of sp³-hybridized carbons (Fsp3) is 0.167.